The van der Waals surface area contributed by atoms with Gasteiger partial charge in [-0.1, -0.05) is 18.2 Å². The fourth-order valence-electron chi connectivity index (χ4n) is 2.65. The van der Waals surface area contributed by atoms with Gasteiger partial charge in [0.25, 0.3) is 0 Å². The Kier molecular flexibility index (Phi) is 5.57. The Hall–Kier alpha value is -1.96. The second-order valence-electron chi connectivity index (χ2n) is 5.65. The molecule has 1 saturated heterocycles. The van der Waals surface area contributed by atoms with Gasteiger partial charge in [0.1, 0.15) is 31.1 Å². The molecular formula is C16H22N4O3. The van der Waals surface area contributed by atoms with Gasteiger partial charge < -0.3 is 14.6 Å². The summed E-state index contributed by atoms with van der Waals surface area (Å²) in [5.74, 6) is 0.776. The molecule has 1 N–H and O–H groups in total. The van der Waals surface area contributed by atoms with Crippen LogP contribution < -0.4 is 4.74 Å². The number of aliphatic hydroxyl groups excluding tert-OH is 1. The van der Waals surface area contributed by atoms with E-state index in [1.807, 2.05) is 30.3 Å². The van der Waals surface area contributed by atoms with E-state index in [0.717, 1.165) is 18.8 Å². The van der Waals surface area contributed by atoms with E-state index >= 15 is 0 Å². The van der Waals surface area contributed by atoms with E-state index in [1.165, 1.54) is 6.33 Å². The Morgan fingerprint density at radius 1 is 1.35 bits per heavy atom. The summed E-state index contributed by atoms with van der Waals surface area (Å²) in [7, 11) is 0. The molecule has 2 aromatic rings. The van der Waals surface area contributed by atoms with Crippen LogP contribution in [0.15, 0.2) is 43.0 Å². The molecule has 0 unspecified atom stereocenters. The number of aliphatic hydroxyl groups is 1. The minimum absolute atomic E-state index is 0.0627. The minimum Gasteiger partial charge on any atom is -0.491 e. The third-order valence-electron chi connectivity index (χ3n) is 3.73. The summed E-state index contributed by atoms with van der Waals surface area (Å²) in [5.41, 5.74) is 0. The fraction of sp³-hybridized carbons (Fsp3) is 0.500. The van der Waals surface area contributed by atoms with Crippen molar-refractivity contribution in [2.45, 2.75) is 18.8 Å². The number of para-hydroxylation sites is 1. The molecule has 0 aliphatic carbocycles. The molecule has 7 nitrogen and oxygen atoms in total. The second kappa shape index (κ2) is 8.05. The normalized spacial score (nSPS) is 20.3. The highest BCUT2D eigenvalue weighted by molar-refractivity contribution is 5.20. The van der Waals surface area contributed by atoms with E-state index in [2.05, 4.69) is 15.0 Å². The Bertz CT molecular complexity index is 564. The number of ether oxygens (including phenoxy) is 2. The lowest BCUT2D eigenvalue weighted by atomic mass is 10.2. The van der Waals surface area contributed by atoms with E-state index in [4.69, 9.17) is 9.47 Å². The highest BCUT2D eigenvalue weighted by atomic mass is 16.5. The van der Waals surface area contributed by atoms with Crippen LogP contribution in [0.3, 0.4) is 0 Å². The number of rotatable bonds is 7. The van der Waals surface area contributed by atoms with E-state index in [0.29, 0.717) is 19.7 Å². The van der Waals surface area contributed by atoms with Crippen molar-refractivity contribution in [2.75, 3.05) is 32.8 Å². The maximum absolute atomic E-state index is 10.2. The number of benzene rings is 1. The molecule has 2 atom stereocenters. The van der Waals surface area contributed by atoms with Crippen molar-refractivity contribution in [3.8, 4) is 5.75 Å². The Labute approximate surface area is 135 Å². The van der Waals surface area contributed by atoms with Gasteiger partial charge in [0.15, 0.2) is 0 Å². The van der Waals surface area contributed by atoms with Crippen molar-refractivity contribution in [1.82, 2.24) is 19.7 Å². The molecule has 3 rings (SSSR count). The zero-order valence-electron chi connectivity index (χ0n) is 13.0. The predicted octanol–water partition coefficient (Wildman–Crippen LogP) is 0.419. The van der Waals surface area contributed by atoms with Crippen LogP contribution in [-0.4, -0.2) is 69.8 Å². The quantitative estimate of drug-likeness (QED) is 0.798. The first-order valence-electron chi connectivity index (χ1n) is 7.82. The van der Waals surface area contributed by atoms with Gasteiger partial charge in [-0.25, -0.2) is 4.98 Å². The van der Waals surface area contributed by atoms with Crippen LogP contribution in [0.5, 0.6) is 5.75 Å². The van der Waals surface area contributed by atoms with Crippen molar-refractivity contribution < 1.29 is 14.6 Å². The summed E-state index contributed by atoms with van der Waals surface area (Å²) < 4.78 is 13.1. The van der Waals surface area contributed by atoms with Crippen LogP contribution in [-0.2, 0) is 11.3 Å². The molecule has 0 amide bonds. The summed E-state index contributed by atoms with van der Waals surface area (Å²) in [6, 6.07) is 9.54. The molecule has 0 bridgehead atoms. The minimum atomic E-state index is -0.527. The summed E-state index contributed by atoms with van der Waals surface area (Å²) in [4.78, 5) is 6.13. The SMILES string of the molecule is O[C@@H](COc1ccccc1)CN1CCO[C@@H](Cn2cncn2)C1. The van der Waals surface area contributed by atoms with E-state index in [1.54, 1.807) is 11.0 Å². The van der Waals surface area contributed by atoms with Crippen LogP contribution in [0.2, 0.25) is 0 Å². The van der Waals surface area contributed by atoms with Crippen molar-refractivity contribution in [1.29, 1.82) is 0 Å². The Morgan fingerprint density at radius 3 is 3.00 bits per heavy atom. The lowest BCUT2D eigenvalue weighted by molar-refractivity contribution is -0.0517. The van der Waals surface area contributed by atoms with Crippen LogP contribution in [0.4, 0.5) is 0 Å². The maximum Gasteiger partial charge on any atom is 0.137 e. The number of hydrogen-bond acceptors (Lipinski definition) is 6. The molecule has 7 heteroatoms. The monoisotopic (exact) mass is 318 g/mol. The van der Waals surface area contributed by atoms with Gasteiger partial charge in [-0.2, -0.15) is 5.10 Å². The third-order valence-corrected chi connectivity index (χ3v) is 3.73. The molecule has 0 saturated carbocycles. The average Bonchev–Trinajstić information content (AvgIpc) is 3.07. The van der Waals surface area contributed by atoms with Gasteiger partial charge >= 0.3 is 0 Å². The standard InChI is InChI=1S/C16H22N4O3/c21-14(11-23-15-4-2-1-3-5-15)8-19-6-7-22-16(9-19)10-20-13-17-12-18-20/h1-5,12-14,16,21H,6-11H2/t14-,16-/m1/s1. The van der Waals surface area contributed by atoms with E-state index < -0.39 is 6.10 Å². The van der Waals surface area contributed by atoms with Crippen LogP contribution in [0.1, 0.15) is 0 Å². The number of nitrogens with zero attached hydrogens (tertiary/aromatic N) is 4. The Balaban J connectivity index is 1.41. The first kappa shape index (κ1) is 15.9. The molecule has 1 fully saturated rings. The largest absolute Gasteiger partial charge is 0.491 e. The highest BCUT2D eigenvalue weighted by Gasteiger charge is 2.23. The summed E-state index contributed by atoms with van der Waals surface area (Å²) >= 11 is 0. The number of hydrogen-bond donors (Lipinski definition) is 1. The summed E-state index contributed by atoms with van der Waals surface area (Å²) in [6.45, 7) is 3.77. The highest BCUT2D eigenvalue weighted by Crippen LogP contribution is 2.10. The van der Waals surface area contributed by atoms with Crippen LogP contribution >= 0.6 is 0 Å². The van der Waals surface area contributed by atoms with Gasteiger partial charge in [-0.3, -0.25) is 9.58 Å². The number of aromatic nitrogens is 3. The third kappa shape index (κ3) is 5.02. The van der Waals surface area contributed by atoms with Crippen molar-refractivity contribution in [2.24, 2.45) is 0 Å². The molecule has 124 valence electrons. The van der Waals surface area contributed by atoms with Gasteiger partial charge in [-0.05, 0) is 12.1 Å². The molecule has 0 radical (unpaired) electrons. The topological polar surface area (TPSA) is 72.6 Å². The molecule has 23 heavy (non-hydrogen) atoms. The van der Waals surface area contributed by atoms with Gasteiger partial charge in [-0.15, -0.1) is 0 Å². The molecule has 1 aliphatic rings. The summed E-state index contributed by atoms with van der Waals surface area (Å²) in [5, 5.41) is 14.3. The number of β-amino-alcohol motifs (C(OH)–C–C–N with tert-alkyl or cyclic N) is 1. The maximum atomic E-state index is 10.2. The second-order valence-corrected chi connectivity index (χ2v) is 5.65. The zero-order chi connectivity index (χ0) is 15.9. The first-order valence-corrected chi connectivity index (χ1v) is 7.82. The lowest BCUT2D eigenvalue weighted by Gasteiger charge is -2.33. The molecule has 1 aromatic heterocycles. The fourth-order valence-corrected chi connectivity index (χ4v) is 2.65. The van der Waals surface area contributed by atoms with Gasteiger partial charge in [0.2, 0.25) is 0 Å². The first-order chi connectivity index (χ1) is 11.3. The molecule has 0 spiro atoms. The van der Waals surface area contributed by atoms with Crippen molar-refractivity contribution in [3.05, 3.63) is 43.0 Å². The molecular weight excluding hydrogens is 296 g/mol. The molecule has 1 aromatic carbocycles. The number of morpholine rings is 1. The summed E-state index contributed by atoms with van der Waals surface area (Å²) in [6.07, 6.45) is 2.74. The van der Waals surface area contributed by atoms with Crippen molar-refractivity contribution in [3.63, 3.8) is 0 Å². The predicted molar refractivity (Wildman–Crippen MR) is 84.1 cm³/mol. The van der Waals surface area contributed by atoms with Crippen LogP contribution in [0, 0.1) is 0 Å². The average molecular weight is 318 g/mol. The smallest absolute Gasteiger partial charge is 0.137 e. The Morgan fingerprint density at radius 2 is 2.22 bits per heavy atom. The van der Waals surface area contributed by atoms with E-state index in [-0.39, 0.29) is 12.7 Å². The zero-order valence-corrected chi connectivity index (χ0v) is 13.0. The lowest BCUT2D eigenvalue weighted by Crippen LogP contribution is -2.47. The molecule has 2 heterocycles. The van der Waals surface area contributed by atoms with E-state index in [9.17, 15) is 5.11 Å². The van der Waals surface area contributed by atoms with Crippen LogP contribution in [0.25, 0.3) is 0 Å². The molecule has 1 aliphatic heterocycles. The van der Waals surface area contributed by atoms with Gasteiger partial charge in [0.05, 0.1) is 19.3 Å². The van der Waals surface area contributed by atoms with Gasteiger partial charge in [0, 0.05) is 19.6 Å². The van der Waals surface area contributed by atoms with Crippen molar-refractivity contribution >= 4 is 0 Å².